The van der Waals surface area contributed by atoms with Gasteiger partial charge in [-0.15, -0.1) is 0 Å². The second-order valence-electron chi connectivity index (χ2n) is 4.02. The molecule has 1 aromatic rings. The summed E-state index contributed by atoms with van der Waals surface area (Å²) in [4.78, 5) is 10.7. The van der Waals surface area contributed by atoms with Crippen LogP contribution in [0.1, 0.15) is 24.8 Å². The molecule has 0 bridgehead atoms. The fraction of sp³-hybridized carbons (Fsp3) is 0.364. The average Bonchev–Trinajstić information content (AvgIpc) is 2.89. The van der Waals surface area contributed by atoms with Crippen LogP contribution >= 0.6 is 0 Å². The van der Waals surface area contributed by atoms with Gasteiger partial charge in [0.05, 0.1) is 6.42 Å². The number of carbonyl (C=O) groups is 1. The molecule has 0 atom stereocenters. The molecule has 0 radical (unpaired) electrons. The van der Waals surface area contributed by atoms with E-state index in [0.29, 0.717) is 5.56 Å². The molecule has 4 heteroatoms. The number of para-hydroxylation sites is 1. The first-order chi connectivity index (χ1) is 7.05. The van der Waals surface area contributed by atoms with Crippen LogP contribution in [-0.4, -0.2) is 21.3 Å². The van der Waals surface area contributed by atoms with E-state index >= 15 is 0 Å². The van der Waals surface area contributed by atoms with Gasteiger partial charge in [0, 0.05) is 11.0 Å². The molecule has 1 fully saturated rings. The zero-order valence-corrected chi connectivity index (χ0v) is 8.10. The van der Waals surface area contributed by atoms with Crippen LogP contribution in [0.25, 0.3) is 0 Å². The summed E-state index contributed by atoms with van der Waals surface area (Å²) in [6, 6.07) is 4.67. The maximum atomic E-state index is 10.7. The van der Waals surface area contributed by atoms with E-state index in [1.54, 1.807) is 12.1 Å². The van der Waals surface area contributed by atoms with Gasteiger partial charge in [0.2, 0.25) is 0 Å². The van der Waals surface area contributed by atoms with Gasteiger partial charge in [-0.05, 0) is 18.9 Å². The molecule has 0 spiro atoms. The van der Waals surface area contributed by atoms with Crippen molar-refractivity contribution in [2.24, 2.45) is 0 Å². The van der Waals surface area contributed by atoms with Crippen molar-refractivity contribution in [2.45, 2.75) is 24.7 Å². The van der Waals surface area contributed by atoms with E-state index in [1.807, 2.05) is 0 Å². The first-order valence-electron chi connectivity index (χ1n) is 4.78. The van der Waals surface area contributed by atoms with Crippen molar-refractivity contribution in [3.63, 3.8) is 0 Å². The average molecular weight is 208 g/mol. The molecule has 1 aliphatic rings. The summed E-state index contributed by atoms with van der Waals surface area (Å²) in [5.41, 5.74) is 0.0826. The molecule has 0 aliphatic heterocycles. The normalized spacial score (nSPS) is 17.3. The number of carboxylic acid groups (broad SMARTS) is 1. The number of phenols is 2. The molecular weight excluding hydrogens is 196 g/mol. The Balaban J connectivity index is 2.37. The number of phenolic OH excluding ortho intramolecular Hbond substituents is 2. The van der Waals surface area contributed by atoms with Gasteiger partial charge in [-0.25, -0.2) is 0 Å². The van der Waals surface area contributed by atoms with E-state index < -0.39 is 11.4 Å². The molecule has 3 N–H and O–H groups in total. The van der Waals surface area contributed by atoms with Crippen LogP contribution < -0.4 is 0 Å². The lowest BCUT2D eigenvalue weighted by atomic mass is 9.91. The maximum Gasteiger partial charge on any atom is 0.304 e. The molecule has 0 aromatic heterocycles. The van der Waals surface area contributed by atoms with Gasteiger partial charge in [-0.1, -0.05) is 12.1 Å². The second-order valence-corrected chi connectivity index (χ2v) is 4.02. The van der Waals surface area contributed by atoms with Crippen molar-refractivity contribution < 1.29 is 20.1 Å². The molecule has 2 rings (SSSR count). The lowest BCUT2D eigenvalue weighted by molar-refractivity contribution is -0.137. The zero-order chi connectivity index (χ0) is 11.1. The highest BCUT2D eigenvalue weighted by molar-refractivity contribution is 5.71. The summed E-state index contributed by atoms with van der Waals surface area (Å²) in [5, 5.41) is 27.7. The predicted molar refractivity (Wildman–Crippen MR) is 52.9 cm³/mol. The summed E-state index contributed by atoms with van der Waals surface area (Å²) >= 11 is 0. The van der Waals surface area contributed by atoms with Gasteiger partial charge in [0.15, 0.2) is 11.5 Å². The van der Waals surface area contributed by atoms with Gasteiger partial charge in [-0.2, -0.15) is 0 Å². The number of aromatic hydroxyl groups is 2. The molecule has 0 amide bonds. The third kappa shape index (κ3) is 1.63. The Morgan fingerprint density at radius 2 is 2.00 bits per heavy atom. The minimum absolute atomic E-state index is 0.00398. The van der Waals surface area contributed by atoms with Crippen LogP contribution in [0.4, 0.5) is 0 Å². The van der Waals surface area contributed by atoms with E-state index in [9.17, 15) is 15.0 Å². The van der Waals surface area contributed by atoms with Crippen LogP contribution in [0.5, 0.6) is 11.5 Å². The first kappa shape index (κ1) is 9.83. The Bertz CT molecular complexity index is 407. The van der Waals surface area contributed by atoms with Gasteiger partial charge < -0.3 is 15.3 Å². The van der Waals surface area contributed by atoms with Crippen LogP contribution in [0.2, 0.25) is 0 Å². The Hall–Kier alpha value is -1.71. The van der Waals surface area contributed by atoms with Crippen molar-refractivity contribution >= 4 is 5.97 Å². The molecule has 1 aromatic carbocycles. The van der Waals surface area contributed by atoms with Gasteiger partial charge in [0.1, 0.15) is 0 Å². The van der Waals surface area contributed by atoms with Crippen LogP contribution in [0, 0.1) is 0 Å². The monoisotopic (exact) mass is 208 g/mol. The van der Waals surface area contributed by atoms with Crippen LogP contribution in [0.15, 0.2) is 18.2 Å². The van der Waals surface area contributed by atoms with Crippen molar-refractivity contribution in [3.05, 3.63) is 23.8 Å². The highest BCUT2D eigenvalue weighted by atomic mass is 16.4. The molecule has 0 heterocycles. The fourth-order valence-electron chi connectivity index (χ4n) is 1.94. The predicted octanol–water partition coefficient (Wildman–Crippen LogP) is 1.60. The maximum absolute atomic E-state index is 10.7. The molecule has 1 aliphatic carbocycles. The topological polar surface area (TPSA) is 77.8 Å². The largest absolute Gasteiger partial charge is 0.504 e. The molecular formula is C11H12O4. The number of hydrogen-bond acceptors (Lipinski definition) is 3. The van der Waals surface area contributed by atoms with Gasteiger partial charge in [0.25, 0.3) is 0 Å². The van der Waals surface area contributed by atoms with Gasteiger partial charge >= 0.3 is 5.97 Å². The highest BCUT2D eigenvalue weighted by Gasteiger charge is 2.47. The Morgan fingerprint density at radius 3 is 2.53 bits per heavy atom. The molecule has 0 saturated heterocycles. The summed E-state index contributed by atoms with van der Waals surface area (Å²) in [6.45, 7) is 0. The summed E-state index contributed by atoms with van der Waals surface area (Å²) < 4.78 is 0. The SMILES string of the molecule is O=C(O)CC1(c2cccc(O)c2O)CC1. The lowest BCUT2D eigenvalue weighted by Gasteiger charge is -2.15. The van der Waals surface area contributed by atoms with Crippen LogP contribution in [-0.2, 0) is 10.2 Å². The molecule has 80 valence electrons. The second kappa shape index (κ2) is 3.15. The van der Waals surface area contributed by atoms with Crippen molar-refractivity contribution in [2.75, 3.05) is 0 Å². The number of rotatable bonds is 3. The third-order valence-electron chi connectivity index (χ3n) is 2.93. The van der Waals surface area contributed by atoms with Gasteiger partial charge in [-0.3, -0.25) is 4.79 Å². The highest BCUT2D eigenvalue weighted by Crippen LogP contribution is 2.54. The minimum atomic E-state index is -0.879. The van der Waals surface area contributed by atoms with Crippen molar-refractivity contribution in [1.29, 1.82) is 0 Å². The first-order valence-corrected chi connectivity index (χ1v) is 4.78. The minimum Gasteiger partial charge on any atom is -0.504 e. The van der Waals surface area contributed by atoms with E-state index in [-0.39, 0.29) is 17.9 Å². The summed E-state index contributed by atoms with van der Waals surface area (Å²) in [7, 11) is 0. The molecule has 15 heavy (non-hydrogen) atoms. The van der Waals surface area contributed by atoms with E-state index in [4.69, 9.17) is 5.11 Å². The lowest BCUT2D eigenvalue weighted by Crippen LogP contribution is -2.12. The van der Waals surface area contributed by atoms with E-state index in [2.05, 4.69) is 0 Å². The Labute approximate surface area is 86.8 Å². The third-order valence-corrected chi connectivity index (χ3v) is 2.93. The fourth-order valence-corrected chi connectivity index (χ4v) is 1.94. The van der Waals surface area contributed by atoms with Crippen molar-refractivity contribution in [3.8, 4) is 11.5 Å². The molecule has 1 saturated carbocycles. The molecule has 0 unspecified atom stereocenters. The standard InChI is InChI=1S/C11H12O4/c12-8-3-1-2-7(10(8)15)11(4-5-11)6-9(13)14/h1-3,12,15H,4-6H2,(H,13,14). The summed E-state index contributed by atoms with van der Waals surface area (Å²) in [5.74, 6) is -1.25. The number of hydrogen-bond donors (Lipinski definition) is 3. The number of carboxylic acids is 1. The van der Waals surface area contributed by atoms with E-state index in [0.717, 1.165) is 12.8 Å². The number of aliphatic carboxylic acids is 1. The number of benzene rings is 1. The van der Waals surface area contributed by atoms with E-state index in [1.165, 1.54) is 6.07 Å². The van der Waals surface area contributed by atoms with Crippen molar-refractivity contribution in [1.82, 2.24) is 0 Å². The summed E-state index contributed by atoms with van der Waals surface area (Å²) in [6.07, 6.45) is 1.50. The van der Waals surface area contributed by atoms with Crippen LogP contribution in [0.3, 0.4) is 0 Å². The molecule has 4 nitrogen and oxygen atoms in total. The smallest absolute Gasteiger partial charge is 0.304 e. The Kier molecular flexibility index (Phi) is 2.07. The Morgan fingerprint density at radius 1 is 1.33 bits per heavy atom. The zero-order valence-electron chi connectivity index (χ0n) is 8.10. The quantitative estimate of drug-likeness (QED) is 0.659.